The quantitative estimate of drug-likeness (QED) is 0.780. The number of rotatable bonds is 7. The van der Waals surface area contributed by atoms with E-state index in [2.05, 4.69) is 5.32 Å². The van der Waals surface area contributed by atoms with Crippen molar-refractivity contribution >= 4 is 17.2 Å². The maximum absolute atomic E-state index is 12.0. The van der Waals surface area contributed by atoms with Gasteiger partial charge in [-0.2, -0.15) is 0 Å². The molecule has 2 aromatic carbocycles. The highest BCUT2D eigenvalue weighted by atomic mass is 16.5. The van der Waals surface area contributed by atoms with E-state index in [1.54, 1.807) is 28.3 Å². The normalized spacial score (nSPS) is 12.3. The van der Waals surface area contributed by atoms with Gasteiger partial charge in [-0.1, -0.05) is 12.1 Å². The van der Waals surface area contributed by atoms with Gasteiger partial charge in [0.25, 0.3) is 0 Å². The van der Waals surface area contributed by atoms with Crippen LogP contribution in [-0.2, 0) is 4.79 Å². The van der Waals surface area contributed by atoms with E-state index in [1.165, 1.54) is 0 Å². The van der Waals surface area contributed by atoms with E-state index in [4.69, 9.17) is 19.9 Å². The molecule has 2 rings (SSSR count). The molecular formula is C21H26N2O4. The minimum atomic E-state index is -0.623. The largest absolute Gasteiger partial charge is 0.497 e. The number of methoxy groups -OCH3 is 3. The van der Waals surface area contributed by atoms with Crippen LogP contribution in [0.1, 0.15) is 25.0 Å². The molecule has 1 atom stereocenters. The second kappa shape index (κ2) is 9.09. The van der Waals surface area contributed by atoms with Gasteiger partial charge in [-0.15, -0.1) is 0 Å². The molecular weight excluding hydrogens is 344 g/mol. The Labute approximate surface area is 159 Å². The first-order chi connectivity index (χ1) is 12.9. The van der Waals surface area contributed by atoms with Gasteiger partial charge in [0.05, 0.1) is 33.1 Å². The smallest absolute Gasteiger partial charge is 0.241 e. The molecule has 0 aliphatic rings. The minimum absolute atomic E-state index is 0.282. The molecule has 0 saturated heterocycles. The molecule has 0 fully saturated rings. The van der Waals surface area contributed by atoms with E-state index in [-0.39, 0.29) is 5.91 Å². The molecule has 6 heteroatoms. The number of allylic oxidation sites excluding steroid dienone is 1. The monoisotopic (exact) mass is 370 g/mol. The number of amides is 1. The lowest BCUT2D eigenvalue weighted by Gasteiger charge is -2.16. The maximum atomic E-state index is 12.0. The van der Waals surface area contributed by atoms with Crippen LogP contribution in [0.3, 0.4) is 0 Å². The van der Waals surface area contributed by atoms with E-state index in [9.17, 15) is 4.79 Å². The Bertz CT molecular complexity index is 822. The predicted molar refractivity (Wildman–Crippen MR) is 108 cm³/mol. The number of carbonyl (C=O) groups excluding carboxylic acids is 1. The number of benzene rings is 2. The molecule has 27 heavy (non-hydrogen) atoms. The van der Waals surface area contributed by atoms with Crippen molar-refractivity contribution in [2.75, 3.05) is 26.6 Å². The summed E-state index contributed by atoms with van der Waals surface area (Å²) in [4.78, 5) is 12.0. The zero-order valence-electron chi connectivity index (χ0n) is 16.3. The molecule has 0 aromatic heterocycles. The van der Waals surface area contributed by atoms with Crippen LogP contribution >= 0.6 is 0 Å². The summed E-state index contributed by atoms with van der Waals surface area (Å²) in [6, 6.07) is 10.7. The van der Waals surface area contributed by atoms with E-state index >= 15 is 0 Å². The van der Waals surface area contributed by atoms with Crippen molar-refractivity contribution in [3.63, 3.8) is 0 Å². The van der Waals surface area contributed by atoms with Gasteiger partial charge < -0.3 is 25.3 Å². The number of ether oxygens (including phenoxy) is 3. The van der Waals surface area contributed by atoms with Crippen molar-refractivity contribution in [2.24, 2.45) is 5.73 Å². The number of carbonyl (C=O) groups is 1. The first-order valence-electron chi connectivity index (χ1n) is 8.58. The SMILES string of the molecule is CC=C(c1cc(OC)cc(OC)c1)c1ccc(OC)c(NC(=O)[C@@H](C)N)c1. The Hall–Kier alpha value is -2.99. The number of anilines is 1. The van der Waals surface area contributed by atoms with Crippen molar-refractivity contribution in [3.05, 3.63) is 53.6 Å². The van der Waals surface area contributed by atoms with E-state index < -0.39 is 6.04 Å². The van der Waals surface area contributed by atoms with Crippen LogP contribution < -0.4 is 25.3 Å². The molecule has 0 saturated carbocycles. The second-order valence-electron chi connectivity index (χ2n) is 6.00. The molecule has 0 aliphatic heterocycles. The molecule has 3 N–H and O–H groups in total. The van der Waals surface area contributed by atoms with Crippen LogP contribution in [0, 0.1) is 0 Å². The molecule has 0 bridgehead atoms. The molecule has 6 nitrogen and oxygen atoms in total. The van der Waals surface area contributed by atoms with Crippen molar-refractivity contribution < 1.29 is 19.0 Å². The number of hydrogen-bond acceptors (Lipinski definition) is 5. The molecule has 0 aliphatic carbocycles. The van der Waals surface area contributed by atoms with Crippen LogP contribution in [0.2, 0.25) is 0 Å². The van der Waals surface area contributed by atoms with E-state index in [0.29, 0.717) is 22.9 Å². The van der Waals surface area contributed by atoms with Crippen molar-refractivity contribution in [1.29, 1.82) is 0 Å². The highest BCUT2D eigenvalue weighted by molar-refractivity contribution is 5.96. The average Bonchev–Trinajstić information content (AvgIpc) is 2.68. The van der Waals surface area contributed by atoms with Crippen molar-refractivity contribution in [1.82, 2.24) is 0 Å². The van der Waals surface area contributed by atoms with Crippen LogP contribution in [-0.4, -0.2) is 33.3 Å². The summed E-state index contributed by atoms with van der Waals surface area (Å²) in [5, 5.41) is 2.81. The van der Waals surface area contributed by atoms with Crippen LogP contribution in [0.5, 0.6) is 17.2 Å². The molecule has 2 aromatic rings. The first-order valence-corrected chi connectivity index (χ1v) is 8.58. The topological polar surface area (TPSA) is 82.8 Å². The van der Waals surface area contributed by atoms with Gasteiger partial charge >= 0.3 is 0 Å². The van der Waals surface area contributed by atoms with Gasteiger partial charge in [0, 0.05) is 6.07 Å². The third-order valence-electron chi connectivity index (χ3n) is 4.13. The summed E-state index contributed by atoms with van der Waals surface area (Å²) >= 11 is 0. The fourth-order valence-electron chi connectivity index (χ4n) is 2.68. The zero-order valence-corrected chi connectivity index (χ0v) is 16.3. The van der Waals surface area contributed by atoms with Gasteiger partial charge in [-0.3, -0.25) is 4.79 Å². The van der Waals surface area contributed by atoms with Crippen LogP contribution in [0.4, 0.5) is 5.69 Å². The molecule has 0 spiro atoms. The van der Waals surface area contributed by atoms with Gasteiger partial charge in [0.1, 0.15) is 17.2 Å². The molecule has 144 valence electrons. The molecule has 1 amide bonds. The Morgan fingerprint density at radius 1 is 1.00 bits per heavy atom. The van der Waals surface area contributed by atoms with Gasteiger partial charge in [0.15, 0.2) is 0 Å². The predicted octanol–water partition coefficient (Wildman–Crippen LogP) is 3.45. The summed E-state index contributed by atoms with van der Waals surface area (Å²) in [5.41, 5.74) is 9.03. The minimum Gasteiger partial charge on any atom is -0.497 e. The molecule has 0 unspecified atom stereocenters. The average molecular weight is 370 g/mol. The van der Waals surface area contributed by atoms with Crippen molar-refractivity contribution in [2.45, 2.75) is 19.9 Å². The van der Waals surface area contributed by atoms with E-state index in [0.717, 1.165) is 16.7 Å². The Kier molecular flexibility index (Phi) is 6.85. The summed E-state index contributed by atoms with van der Waals surface area (Å²) in [6.45, 7) is 3.58. The third kappa shape index (κ3) is 4.80. The Morgan fingerprint density at radius 2 is 1.63 bits per heavy atom. The van der Waals surface area contributed by atoms with Crippen molar-refractivity contribution in [3.8, 4) is 17.2 Å². The highest BCUT2D eigenvalue weighted by Gasteiger charge is 2.14. The second-order valence-corrected chi connectivity index (χ2v) is 6.00. The van der Waals surface area contributed by atoms with Gasteiger partial charge in [-0.05, 0) is 54.8 Å². The number of hydrogen-bond donors (Lipinski definition) is 2. The number of nitrogens with two attached hydrogens (primary N) is 1. The Morgan fingerprint density at radius 3 is 2.11 bits per heavy atom. The number of nitrogens with one attached hydrogen (secondary N) is 1. The van der Waals surface area contributed by atoms with Gasteiger partial charge in [-0.25, -0.2) is 0 Å². The fraction of sp³-hybridized carbons (Fsp3) is 0.286. The highest BCUT2D eigenvalue weighted by Crippen LogP contribution is 2.34. The van der Waals surface area contributed by atoms with Crippen LogP contribution in [0.15, 0.2) is 42.5 Å². The lowest BCUT2D eigenvalue weighted by Crippen LogP contribution is -2.32. The zero-order chi connectivity index (χ0) is 20.0. The van der Waals surface area contributed by atoms with E-state index in [1.807, 2.05) is 49.4 Å². The molecule has 0 radical (unpaired) electrons. The third-order valence-corrected chi connectivity index (χ3v) is 4.13. The first kappa shape index (κ1) is 20.3. The lowest BCUT2D eigenvalue weighted by molar-refractivity contribution is -0.117. The summed E-state index contributed by atoms with van der Waals surface area (Å²) in [5.74, 6) is 1.67. The molecule has 0 heterocycles. The van der Waals surface area contributed by atoms with Crippen LogP contribution in [0.25, 0.3) is 5.57 Å². The standard InChI is InChI=1S/C21H26N2O4/c1-6-18(15-9-16(25-3)12-17(10-15)26-4)14-7-8-20(27-5)19(11-14)23-21(24)13(2)22/h6-13H,22H2,1-5H3,(H,23,24)/t13-/m1/s1. The summed E-state index contributed by atoms with van der Waals surface area (Å²) < 4.78 is 16.1. The summed E-state index contributed by atoms with van der Waals surface area (Å²) in [6.07, 6.45) is 1.99. The Balaban J connectivity index is 2.50. The fourth-order valence-corrected chi connectivity index (χ4v) is 2.68. The lowest BCUT2D eigenvalue weighted by atomic mass is 9.96. The maximum Gasteiger partial charge on any atom is 0.241 e. The summed E-state index contributed by atoms with van der Waals surface area (Å²) in [7, 11) is 4.78. The van der Waals surface area contributed by atoms with Gasteiger partial charge in [0.2, 0.25) is 5.91 Å².